The van der Waals surface area contributed by atoms with E-state index in [1.165, 1.54) is 0 Å². The third-order valence-electron chi connectivity index (χ3n) is 5.04. The molecule has 2 aliphatic rings. The lowest BCUT2D eigenvalue weighted by atomic mass is 9.88. The van der Waals surface area contributed by atoms with E-state index in [1.807, 2.05) is 7.05 Å². The lowest BCUT2D eigenvalue weighted by Gasteiger charge is -2.43. The van der Waals surface area contributed by atoms with Crippen LogP contribution in [0.2, 0.25) is 0 Å². The Labute approximate surface area is 146 Å². The summed E-state index contributed by atoms with van der Waals surface area (Å²) in [6, 6.07) is 0. The maximum atomic E-state index is 5.78. The number of rotatable bonds is 8. The standard InChI is InChI=1S/C17H34N4O3/c1-18-16(19-8-4-9-24-15-5-10-23-13-15)20-14-17(21(2)3)6-11-22-12-7-17/h15H,4-14H2,1-3H3,(H2,18,19,20). The van der Waals surface area contributed by atoms with E-state index >= 15 is 0 Å². The van der Waals surface area contributed by atoms with Crippen molar-refractivity contribution >= 4 is 5.96 Å². The second-order valence-corrected chi connectivity index (χ2v) is 6.79. The fourth-order valence-electron chi connectivity index (χ4n) is 3.18. The number of nitrogens with zero attached hydrogens (tertiary/aromatic N) is 2. The zero-order valence-electron chi connectivity index (χ0n) is 15.5. The van der Waals surface area contributed by atoms with Crippen LogP contribution in [0.1, 0.15) is 25.7 Å². The molecule has 2 fully saturated rings. The molecule has 2 saturated heterocycles. The monoisotopic (exact) mass is 342 g/mol. The minimum atomic E-state index is 0.140. The molecule has 0 radical (unpaired) electrons. The van der Waals surface area contributed by atoms with Crippen molar-refractivity contribution < 1.29 is 14.2 Å². The van der Waals surface area contributed by atoms with Gasteiger partial charge in [-0.15, -0.1) is 0 Å². The van der Waals surface area contributed by atoms with Crippen molar-refractivity contribution in [3.05, 3.63) is 0 Å². The zero-order valence-corrected chi connectivity index (χ0v) is 15.5. The Morgan fingerprint density at radius 1 is 1.21 bits per heavy atom. The number of likely N-dealkylation sites (N-methyl/N-ethyl adjacent to an activating group) is 1. The molecule has 7 heteroatoms. The summed E-state index contributed by atoms with van der Waals surface area (Å²) < 4.78 is 16.6. The summed E-state index contributed by atoms with van der Waals surface area (Å²) in [5.74, 6) is 0.854. The predicted octanol–water partition coefficient (Wildman–Crippen LogP) is 0.458. The number of guanidine groups is 1. The van der Waals surface area contributed by atoms with E-state index in [-0.39, 0.29) is 11.6 Å². The molecule has 2 N–H and O–H groups in total. The second kappa shape index (κ2) is 10.2. The van der Waals surface area contributed by atoms with E-state index in [0.29, 0.717) is 0 Å². The third-order valence-corrected chi connectivity index (χ3v) is 5.04. The van der Waals surface area contributed by atoms with Gasteiger partial charge in [0, 0.05) is 52.1 Å². The Hall–Kier alpha value is -0.890. The first-order valence-electron chi connectivity index (χ1n) is 9.05. The van der Waals surface area contributed by atoms with Gasteiger partial charge in [-0.1, -0.05) is 0 Å². The molecule has 0 saturated carbocycles. The van der Waals surface area contributed by atoms with E-state index in [2.05, 4.69) is 34.6 Å². The van der Waals surface area contributed by atoms with E-state index in [9.17, 15) is 0 Å². The lowest BCUT2D eigenvalue weighted by Crippen LogP contribution is -2.57. The maximum Gasteiger partial charge on any atom is 0.191 e. The van der Waals surface area contributed by atoms with Crippen molar-refractivity contribution in [1.82, 2.24) is 15.5 Å². The molecule has 1 atom stereocenters. The average Bonchev–Trinajstić information content (AvgIpc) is 3.11. The normalized spacial score (nSPS) is 24.3. The second-order valence-electron chi connectivity index (χ2n) is 6.79. The van der Waals surface area contributed by atoms with Crippen LogP contribution in [0.5, 0.6) is 0 Å². The van der Waals surface area contributed by atoms with E-state index in [4.69, 9.17) is 14.2 Å². The van der Waals surface area contributed by atoms with Gasteiger partial charge < -0.3 is 29.7 Å². The summed E-state index contributed by atoms with van der Waals surface area (Å²) in [7, 11) is 6.11. The van der Waals surface area contributed by atoms with Crippen molar-refractivity contribution in [1.29, 1.82) is 0 Å². The third kappa shape index (κ3) is 5.88. The summed E-state index contributed by atoms with van der Waals surface area (Å²) in [6.07, 6.45) is 4.36. The van der Waals surface area contributed by atoms with Crippen molar-refractivity contribution in [2.75, 3.05) is 67.3 Å². The van der Waals surface area contributed by atoms with Gasteiger partial charge in [-0.25, -0.2) is 0 Å². The number of aliphatic imine (C=N–C) groups is 1. The van der Waals surface area contributed by atoms with E-state index in [1.54, 1.807) is 0 Å². The summed E-state index contributed by atoms with van der Waals surface area (Å²) in [6.45, 7) is 5.72. The highest BCUT2D eigenvalue weighted by Gasteiger charge is 2.34. The average molecular weight is 342 g/mol. The Balaban J connectivity index is 1.64. The molecule has 2 heterocycles. The summed E-state index contributed by atoms with van der Waals surface area (Å²) in [4.78, 5) is 6.63. The van der Waals surface area contributed by atoms with E-state index in [0.717, 1.165) is 77.8 Å². The van der Waals surface area contributed by atoms with Crippen molar-refractivity contribution in [3.63, 3.8) is 0 Å². The molecule has 0 aromatic heterocycles. The van der Waals surface area contributed by atoms with Crippen LogP contribution >= 0.6 is 0 Å². The van der Waals surface area contributed by atoms with Crippen LogP contribution in [0, 0.1) is 0 Å². The molecule has 1 unspecified atom stereocenters. The molecule has 2 rings (SSSR count). The van der Waals surface area contributed by atoms with Crippen molar-refractivity contribution in [3.8, 4) is 0 Å². The Kier molecular flexibility index (Phi) is 8.24. The first-order chi connectivity index (χ1) is 11.7. The van der Waals surface area contributed by atoms with Crippen LogP contribution in [0.4, 0.5) is 0 Å². The molecule has 0 aromatic carbocycles. The minimum absolute atomic E-state index is 0.140. The molecule has 0 amide bonds. The highest BCUT2D eigenvalue weighted by atomic mass is 16.5. The summed E-state index contributed by atoms with van der Waals surface area (Å²) in [5, 5.41) is 6.84. The van der Waals surface area contributed by atoms with Gasteiger partial charge in [0.1, 0.15) is 0 Å². The zero-order chi connectivity index (χ0) is 17.3. The fourth-order valence-corrected chi connectivity index (χ4v) is 3.18. The number of hydrogen-bond donors (Lipinski definition) is 2. The Morgan fingerprint density at radius 3 is 2.62 bits per heavy atom. The molecular formula is C17H34N4O3. The van der Waals surface area contributed by atoms with Gasteiger partial charge in [-0.2, -0.15) is 0 Å². The molecule has 140 valence electrons. The number of nitrogens with one attached hydrogen (secondary N) is 2. The first kappa shape index (κ1) is 19.4. The molecule has 0 aromatic rings. The molecule has 24 heavy (non-hydrogen) atoms. The van der Waals surface area contributed by atoms with Crippen LogP contribution < -0.4 is 10.6 Å². The van der Waals surface area contributed by atoms with Crippen LogP contribution in [-0.2, 0) is 14.2 Å². The molecule has 0 bridgehead atoms. The number of ether oxygens (including phenoxy) is 3. The molecule has 0 aliphatic carbocycles. The van der Waals surface area contributed by atoms with Gasteiger partial charge >= 0.3 is 0 Å². The van der Waals surface area contributed by atoms with Crippen LogP contribution in [-0.4, -0.2) is 89.8 Å². The maximum absolute atomic E-state index is 5.78. The van der Waals surface area contributed by atoms with Crippen LogP contribution in [0.25, 0.3) is 0 Å². The lowest BCUT2D eigenvalue weighted by molar-refractivity contribution is -0.00502. The highest BCUT2D eigenvalue weighted by Crippen LogP contribution is 2.24. The minimum Gasteiger partial charge on any atom is -0.381 e. The fraction of sp³-hybridized carbons (Fsp3) is 0.941. The predicted molar refractivity (Wildman–Crippen MR) is 95.6 cm³/mol. The largest absolute Gasteiger partial charge is 0.381 e. The Morgan fingerprint density at radius 2 is 2.00 bits per heavy atom. The quantitative estimate of drug-likeness (QED) is 0.379. The van der Waals surface area contributed by atoms with Gasteiger partial charge in [0.05, 0.1) is 12.7 Å². The van der Waals surface area contributed by atoms with Crippen LogP contribution in [0.15, 0.2) is 4.99 Å². The van der Waals surface area contributed by atoms with Gasteiger partial charge in [-0.05, 0) is 39.8 Å². The molecular weight excluding hydrogens is 308 g/mol. The highest BCUT2D eigenvalue weighted by molar-refractivity contribution is 5.79. The Bertz CT molecular complexity index is 378. The molecule has 0 spiro atoms. The summed E-state index contributed by atoms with van der Waals surface area (Å²) >= 11 is 0. The first-order valence-corrected chi connectivity index (χ1v) is 9.05. The number of hydrogen-bond acceptors (Lipinski definition) is 5. The molecule has 2 aliphatic heterocycles. The van der Waals surface area contributed by atoms with Crippen molar-refractivity contribution in [2.45, 2.75) is 37.3 Å². The summed E-state index contributed by atoms with van der Waals surface area (Å²) in [5.41, 5.74) is 0.140. The SMILES string of the molecule is CN=C(NCCCOC1CCOC1)NCC1(N(C)C)CCOCC1. The van der Waals surface area contributed by atoms with Gasteiger partial charge in [0.25, 0.3) is 0 Å². The molecule has 7 nitrogen and oxygen atoms in total. The van der Waals surface area contributed by atoms with Gasteiger partial charge in [-0.3, -0.25) is 4.99 Å². The van der Waals surface area contributed by atoms with Crippen molar-refractivity contribution in [2.24, 2.45) is 4.99 Å². The van der Waals surface area contributed by atoms with E-state index < -0.39 is 0 Å². The smallest absolute Gasteiger partial charge is 0.191 e. The van der Waals surface area contributed by atoms with Gasteiger partial charge in [0.2, 0.25) is 0 Å². The van der Waals surface area contributed by atoms with Crippen LogP contribution in [0.3, 0.4) is 0 Å². The van der Waals surface area contributed by atoms with Gasteiger partial charge in [0.15, 0.2) is 5.96 Å². The topological polar surface area (TPSA) is 67.4 Å².